The van der Waals surface area contributed by atoms with Crippen LogP contribution in [0.5, 0.6) is 0 Å². The van der Waals surface area contributed by atoms with Crippen molar-refractivity contribution in [3.63, 3.8) is 0 Å². The first-order chi connectivity index (χ1) is 9.26. The van der Waals surface area contributed by atoms with Gasteiger partial charge in [-0.25, -0.2) is 0 Å². The fourth-order valence-electron chi connectivity index (χ4n) is 4.34. The normalized spacial score (nSPS) is 30.7. The van der Waals surface area contributed by atoms with Crippen LogP contribution in [0.2, 0.25) is 0 Å². The minimum absolute atomic E-state index is 0.676. The molecule has 2 aliphatic rings. The van der Waals surface area contributed by atoms with Gasteiger partial charge >= 0.3 is 0 Å². The molecule has 0 heterocycles. The van der Waals surface area contributed by atoms with Crippen molar-refractivity contribution in [2.45, 2.75) is 45.1 Å². The molecule has 1 nitrogen and oxygen atoms in total. The summed E-state index contributed by atoms with van der Waals surface area (Å²) < 4.78 is 1.20. The third kappa shape index (κ3) is 3.05. The van der Waals surface area contributed by atoms with Crippen LogP contribution in [-0.2, 0) is 6.42 Å². The van der Waals surface area contributed by atoms with Gasteiger partial charge in [0.1, 0.15) is 0 Å². The van der Waals surface area contributed by atoms with E-state index in [1.54, 1.807) is 0 Å². The highest BCUT2D eigenvalue weighted by molar-refractivity contribution is 9.10. The van der Waals surface area contributed by atoms with Crippen LogP contribution in [0.25, 0.3) is 0 Å². The predicted octanol–water partition coefficient (Wildman–Crippen LogP) is 4.41. The summed E-state index contributed by atoms with van der Waals surface area (Å²) in [7, 11) is 0. The molecule has 1 N–H and O–H groups in total. The SMILES string of the molecule is CCNC(Cc1cccc(Br)c1)C1CC2CCC1C2. The van der Waals surface area contributed by atoms with Gasteiger partial charge in [0.05, 0.1) is 0 Å². The van der Waals surface area contributed by atoms with E-state index in [2.05, 4.69) is 52.4 Å². The molecule has 2 bridgehead atoms. The molecule has 0 spiro atoms. The number of halogens is 1. The molecule has 104 valence electrons. The van der Waals surface area contributed by atoms with Gasteiger partial charge in [0.2, 0.25) is 0 Å². The summed E-state index contributed by atoms with van der Waals surface area (Å²) in [6, 6.07) is 9.49. The van der Waals surface area contributed by atoms with Gasteiger partial charge in [-0.1, -0.05) is 41.4 Å². The van der Waals surface area contributed by atoms with Gasteiger partial charge in [0.15, 0.2) is 0 Å². The molecular weight excluding hydrogens is 298 g/mol. The number of hydrogen-bond acceptors (Lipinski definition) is 1. The van der Waals surface area contributed by atoms with E-state index in [9.17, 15) is 0 Å². The Morgan fingerprint density at radius 1 is 1.32 bits per heavy atom. The number of likely N-dealkylation sites (N-methyl/N-ethyl adjacent to an activating group) is 1. The van der Waals surface area contributed by atoms with Crippen LogP contribution in [0, 0.1) is 17.8 Å². The minimum Gasteiger partial charge on any atom is -0.314 e. The highest BCUT2D eigenvalue weighted by Gasteiger charge is 2.42. The molecule has 2 aliphatic carbocycles. The molecule has 19 heavy (non-hydrogen) atoms. The van der Waals surface area contributed by atoms with Crippen molar-refractivity contribution < 1.29 is 0 Å². The largest absolute Gasteiger partial charge is 0.314 e. The van der Waals surface area contributed by atoms with Crippen LogP contribution >= 0.6 is 15.9 Å². The van der Waals surface area contributed by atoms with Crippen LogP contribution in [0.15, 0.2) is 28.7 Å². The van der Waals surface area contributed by atoms with Gasteiger partial charge < -0.3 is 5.32 Å². The molecule has 1 aromatic rings. The molecule has 0 radical (unpaired) electrons. The monoisotopic (exact) mass is 321 g/mol. The van der Waals surface area contributed by atoms with Gasteiger partial charge in [-0.3, -0.25) is 0 Å². The molecule has 4 atom stereocenters. The van der Waals surface area contributed by atoms with Crippen molar-refractivity contribution in [2.24, 2.45) is 17.8 Å². The van der Waals surface area contributed by atoms with E-state index in [0.717, 1.165) is 24.3 Å². The minimum atomic E-state index is 0.676. The fourth-order valence-corrected chi connectivity index (χ4v) is 4.79. The van der Waals surface area contributed by atoms with Gasteiger partial charge in [-0.05, 0) is 67.7 Å². The van der Waals surface area contributed by atoms with Crippen molar-refractivity contribution in [3.8, 4) is 0 Å². The van der Waals surface area contributed by atoms with Crippen molar-refractivity contribution in [1.29, 1.82) is 0 Å². The lowest BCUT2D eigenvalue weighted by Gasteiger charge is -2.31. The quantitative estimate of drug-likeness (QED) is 0.847. The second-order valence-electron chi connectivity index (χ2n) is 6.34. The van der Waals surface area contributed by atoms with Gasteiger partial charge in [-0.2, -0.15) is 0 Å². The summed E-state index contributed by atoms with van der Waals surface area (Å²) in [6.07, 6.45) is 7.13. The Balaban J connectivity index is 1.70. The Bertz CT molecular complexity index is 431. The molecule has 3 rings (SSSR count). The molecule has 0 saturated heterocycles. The second-order valence-corrected chi connectivity index (χ2v) is 7.25. The standard InChI is InChI=1S/C17H24BrN/c1-2-19-17(11-12-4-3-5-15(18)9-12)16-10-13-6-7-14(16)8-13/h3-5,9,13-14,16-17,19H,2,6-8,10-11H2,1H3. The summed E-state index contributed by atoms with van der Waals surface area (Å²) in [4.78, 5) is 0. The van der Waals surface area contributed by atoms with Crippen molar-refractivity contribution >= 4 is 15.9 Å². The Labute approximate surface area is 125 Å². The average Bonchev–Trinajstić information content (AvgIpc) is 3.00. The Kier molecular flexibility index (Phi) is 4.28. The highest BCUT2D eigenvalue weighted by Crippen LogP contribution is 2.49. The molecule has 0 aromatic heterocycles. The summed E-state index contributed by atoms with van der Waals surface area (Å²) >= 11 is 3.59. The first kappa shape index (κ1) is 13.6. The highest BCUT2D eigenvalue weighted by atomic mass is 79.9. The maximum absolute atomic E-state index is 3.76. The van der Waals surface area contributed by atoms with Crippen LogP contribution in [-0.4, -0.2) is 12.6 Å². The third-order valence-electron chi connectivity index (χ3n) is 5.12. The van der Waals surface area contributed by atoms with Gasteiger partial charge in [0, 0.05) is 10.5 Å². The van der Waals surface area contributed by atoms with E-state index in [4.69, 9.17) is 0 Å². The lowest BCUT2D eigenvalue weighted by molar-refractivity contribution is 0.249. The van der Waals surface area contributed by atoms with Crippen molar-refractivity contribution in [2.75, 3.05) is 6.54 Å². The first-order valence-corrected chi connectivity index (χ1v) is 8.53. The Morgan fingerprint density at radius 3 is 2.84 bits per heavy atom. The van der Waals surface area contributed by atoms with E-state index in [1.165, 1.54) is 42.1 Å². The smallest absolute Gasteiger partial charge is 0.0178 e. The number of benzene rings is 1. The second kappa shape index (κ2) is 5.97. The zero-order valence-corrected chi connectivity index (χ0v) is 13.3. The maximum atomic E-state index is 3.76. The molecule has 0 aliphatic heterocycles. The van der Waals surface area contributed by atoms with E-state index < -0.39 is 0 Å². The summed E-state index contributed by atoms with van der Waals surface area (Å²) in [5, 5.41) is 3.76. The Morgan fingerprint density at radius 2 is 2.21 bits per heavy atom. The van der Waals surface area contributed by atoms with Gasteiger partial charge in [-0.15, -0.1) is 0 Å². The number of hydrogen-bond donors (Lipinski definition) is 1. The van der Waals surface area contributed by atoms with Crippen molar-refractivity contribution in [3.05, 3.63) is 34.3 Å². The van der Waals surface area contributed by atoms with Crippen LogP contribution in [0.4, 0.5) is 0 Å². The fraction of sp³-hybridized carbons (Fsp3) is 0.647. The molecular formula is C17H24BrN. The van der Waals surface area contributed by atoms with Crippen molar-refractivity contribution in [1.82, 2.24) is 5.32 Å². The van der Waals surface area contributed by atoms with Crippen LogP contribution in [0.1, 0.15) is 38.2 Å². The molecule has 2 saturated carbocycles. The molecule has 4 unspecified atom stereocenters. The number of nitrogens with one attached hydrogen (secondary N) is 1. The molecule has 1 aromatic carbocycles. The third-order valence-corrected chi connectivity index (χ3v) is 5.61. The van der Waals surface area contributed by atoms with E-state index in [1.807, 2.05) is 0 Å². The molecule has 0 amide bonds. The Hall–Kier alpha value is -0.340. The van der Waals surface area contributed by atoms with E-state index >= 15 is 0 Å². The molecule has 2 fully saturated rings. The lowest BCUT2D eigenvalue weighted by atomic mass is 9.81. The maximum Gasteiger partial charge on any atom is 0.0178 e. The average molecular weight is 322 g/mol. The zero-order chi connectivity index (χ0) is 13.2. The summed E-state index contributed by atoms with van der Waals surface area (Å²) in [6.45, 7) is 3.33. The topological polar surface area (TPSA) is 12.0 Å². The van der Waals surface area contributed by atoms with Crippen LogP contribution < -0.4 is 5.32 Å². The lowest BCUT2D eigenvalue weighted by Crippen LogP contribution is -2.40. The van der Waals surface area contributed by atoms with Gasteiger partial charge in [0.25, 0.3) is 0 Å². The van der Waals surface area contributed by atoms with Crippen LogP contribution in [0.3, 0.4) is 0 Å². The number of rotatable bonds is 5. The summed E-state index contributed by atoms with van der Waals surface area (Å²) in [5.41, 5.74) is 1.46. The van der Waals surface area contributed by atoms with E-state index in [-0.39, 0.29) is 0 Å². The number of fused-ring (bicyclic) bond motifs is 2. The van der Waals surface area contributed by atoms with E-state index in [0.29, 0.717) is 6.04 Å². The molecule has 2 heteroatoms. The predicted molar refractivity (Wildman–Crippen MR) is 84.2 cm³/mol. The zero-order valence-electron chi connectivity index (χ0n) is 11.7. The first-order valence-electron chi connectivity index (χ1n) is 7.74. The summed E-state index contributed by atoms with van der Waals surface area (Å²) in [5.74, 6) is 2.96.